The first-order valence-corrected chi connectivity index (χ1v) is 9.22. The molecule has 0 spiro atoms. The van der Waals surface area contributed by atoms with Crippen LogP contribution >= 0.6 is 11.8 Å². The van der Waals surface area contributed by atoms with Crippen molar-refractivity contribution in [3.63, 3.8) is 0 Å². The van der Waals surface area contributed by atoms with Crippen molar-refractivity contribution in [1.29, 1.82) is 0 Å². The summed E-state index contributed by atoms with van der Waals surface area (Å²) in [6, 6.07) is 10.4. The first kappa shape index (κ1) is 15.6. The Morgan fingerprint density at radius 3 is 2.64 bits per heavy atom. The molecule has 2 saturated heterocycles. The second-order valence-corrected chi connectivity index (χ2v) is 7.25. The van der Waals surface area contributed by atoms with Gasteiger partial charge in [0.25, 0.3) is 0 Å². The Hall–Kier alpha value is -1.26. The highest BCUT2D eigenvalue weighted by atomic mass is 32.2. The van der Waals surface area contributed by atoms with E-state index in [2.05, 4.69) is 46.2 Å². The van der Waals surface area contributed by atoms with E-state index in [0.717, 1.165) is 44.9 Å². The summed E-state index contributed by atoms with van der Waals surface area (Å²) < 4.78 is 0. The van der Waals surface area contributed by atoms with Crippen molar-refractivity contribution in [3.05, 3.63) is 42.0 Å². The van der Waals surface area contributed by atoms with E-state index >= 15 is 0 Å². The van der Waals surface area contributed by atoms with Gasteiger partial charge in [-0.1, -0.05) is 42.5 Å². The maximum atomic E-state index is 12.4. The Kier molecular flexibility index (Phi) is 5.57. The molecule has 1 amide bonds. The zero-order valence-electron chi connectivity index (χ0n) is 13.0. The van der Waals surface area contributed by atoms with Crippen molar-refractivity contribution >= 4 is 23.7 Å². The van der Waals surface area contributed by atoms with Gasteiger partial charge in [0.2, 0.25) is 5.91 Å². The highest BCUT2D eigenvalue weighted by Gasteiger charge is 2.29. The molecule has 3 rings (SSSR count). The number of thioether (sulfide) groups is 1. The van der Waals surface area contributed by atoms with E-state index in [9.17, 15) is 4.79 Å². The van der Waals surface area contributed by atoms with Crippen LogP contribution in [0.2, 0.25) is 0 Å². The molecule has 2 aliphatic rings. The van der Waals surface area contributed by atoms with Gasteiger partial charge >= 0.3 is 0 Å². The molecule has 0 bridgehead atoms. The molecule has 0 N–H and O–H groups in total. The minimum Gasteiger partial charge on any atom is -0.339 e. The molecular formula is C18H24N2OS. The summed E-state index contributed by atoms with van der Waals surface area (Å²) in [6.45, 7) is 4.71. The van der Waals surface area contributed by atoms with Crippen LogP contribution in [0.15, 0.2) is 36.4 Å². The Morgan fingerprint density at radius 2 is 1.95 bits per heavy atom. The first-order chi connectivity index (χ1) is 10.8. The van der Waals surface area contributed by atoms with Crippen molar-refractivity contribution < 1.29 is 4.79 Å². The normalized spacial score (nSPS) is 23.3. The molecule has 2 aliphatic heterocycles. The fraction of sp³-hybridized carbons (Fsp3) is 0.500. The molecule has 118 valence electrons. The minimum atomic E-state index is 0.240. The number of hydrogen-bond donors (Lipinski definition) is 0. The predicted molar refractivity (Wildman–Crippen MR) is 94.0 cm³/mol. The van der Waals surface area contributed by atoms with Gasteiger partial charge in [-0.15, -0.1) is 11.8 Å². The summed E-state index contributed by atoms with van der Waals surface area (Å²) >= 11 is 1.84. The van der Waals surface area contributed by atoms with Crippen LogP contribution in [-0.4, -0.2) is 59.4 Å². The van der Waals surface area contributed by atoms with E-state index in [1.807, 2.05) is 17.8 Å². The summed E-state index contributed by atoms with van der Waals surface area (Å²) in [5.74, 6) is 1.53. The lowest BCUT2D eigenvalue weighted by molar-refractivity contribution is -0.132. The molecule has 22 heavy (non-hydrogen) atoms. The summed E-state index contributed by atoms with van der Waals surface area (Å²) in [7, 11) is 0. The molecule has 0 saturated carbocycles. The van der Waals surface area contributed by atoms with Crippen LogP contribution in [-0.2, 0) is 4.79 Å². The first-order valence-electron chi connectivity index (χ1n) is 8.17. The van der Waals surface area contributed by atoms with Gasteiger partial charge in [0.05, 0.1) is 5.25 Å². The summed E-state index contributed by atoms with van der Waals surface area (Å²) in [6.07, 6.45) is 6.67. The average molecular weight is 316 g/mol. The van der Waals surface area contributed by atoms with Gasteiger partial charge in [0.15, 0.2) is 0 Å². The standard InChI is InChI=1S/C18H24N2OS/c21-18(17-9-5-15-22-17)20-13-11-19(12-14-20)10-4-8-16-6-2-1-3-7-16/h1-4,6-8,17H,5,9-15H2/b8-4+. The fourth-order valence-electron chi connectivity index (χ4n) is 3.03. The largest absolute Gasteiger partial charge is 0.339 e. The van der Waals surface area contributed by atoms with Crippen molar-refractivity contribution in [1.82, 2.24) is 9.80 Å². The van der Waals surface area contributed by atoms with Crippen LogP contribution in [0, 0.1) is 0 Å². The lowest BCUT2D eigenvalue weighted by atomic mass is 10.2. The third kappa shape index (κ3) is 4.14. The smallest absolute Gasteiger partial charge is 0.235 e. The maximum absolute atomic E-state index is 12.4. The van der Waals surface area contributed by atoms with E-state index in [0.29, 0.717) is 5.91 Å². The van der Waals surface area contributed by atoms with E-state index in [-0.39, 0.29) is 5.25 Å². The molecule has 2 heterocycles. The number of hydrogen-bond acceptors (Lipinski definition) is 3. The zero-order valence-corrected chi connectivity index (χ0v) is 13.8. The van der Waals surface area contributed by atoms with Crippen LogP contribution in [0.25, 0.3) is 6.08 Å². The topological polar surface area (TPSA) is 23.6 Å². The highest BCUT2D eigenvalue weighted by Crippen LogP contribution is 2.28. The number of piperazine rings is 1. The maximum Gasteiger partial charge on any atom is 0.235 e. The zero-order chi connectivity index (χ0) is 15.2. The summed E-state index contributed by atoms with van der Waals surface area (Å²) in [4.78, 5) is 16.9. The summed E-state index contributed by atoms with van der Waals surface area (Å²) in [5, 5.41) is 0.240. The van der Waals surface area contributed by atoms with E-state index in [4.69, 9.17) is 0 Å². The third-order valence-corrected chi connectivity index (χ3v) is 5.73. The van der Waals surface area contributed by atoms with Crippen molar-refractivity contribution in [2.24, 2.45) is 0 Å². The van der Waals surface area contributed by atoms with Crippen LogP contribution in [0.5, 0.6) is 0 Å². The number of nitrogens with zero attached hydrogens (tertiary/aromatic N) is 2. The summed E-state index contributed by atoms with van der Waals surface area (Å²) in [5.41, 5.74) is 1.24. The second-order valence-electron chi connectivity index (χ2n) is 5.94. The molecule has 0 radical (unpaired) electrons. The Bertz CT molecular complexity index is 503. The van der Waals surface area contributed by atoms with Gasteiger partial charge in [0.1, 0.15) is 0 Å². The van der Waals surface area contributed by atoms with E-state index in [1.54, 1.807) is 0 Å². The molecule has 2 fully saturated rings. The number of carbonyl (C=O) groups is 1. The predicted octanol–water partition coefficient (Wildman–Crippen LogP) is 2.74. The Morgan fingerprint density at radius 1 is 1.18 bits per heavy atom. The molecule has 3 nitrogen and oxygen atoms in total. The number of benzene rings is 1. The van der Waals surface area contributed by atoms with Crippen LogP contribution in [0.3, 0.4) is 0 Å². The molecule has 0 aromatic heterocycles. The fourth-order valence-corrected chi connectivity index (χ4v) is 4.27. The molecular weight excluding hydrogens is 292 g/mol. The Balaban J connectivity index is 1.42. The second kappa shape index (κ2) is 7.84. The van der Waals surface area contributed by atoms with Gasteiger partial charge < -0.3 is 4.90 Å². The molecule has 1 atom stereocenters. The van der Waals surface area contributed by atoms with Crippen LogP contribution in [0.4, 0.5) is 0 Å². The van der Waals surface area contributed by atoms with Crippen LogP contribution < -0.4 is 0 Å². The van der Waals surface area contributed by atoms with Gasteiger partial charge in [-0.05, 0) is 24.2 Å². The van der Waals surface area contributed by atoms with Gasteiger partial charge in [0, 0.05) is 32.7 Å². The number of carbonyl (C=O) groups excluding carboxylic acids is 1. The number of amides is 1. The van der Waals surface area contributed by atoms with Gasteiger partial charge in [-0.25, -0.2) is 0 Å². The number of rotatable bonds is 4. The molecule has 0 aliphatic carbocycles. The minimum absolute atomic E-state index is 0.240. The van der Waals surface area contributed by atoms with E-state index in [1.165, 1.54) is 12.0 Å². The lowest BCUT2D eigenvalue weighted by Crippen LogP contribution is -2.50. The van der Waals surface area contributed by atoms with Gasteiger partial charge in [-0.2, -0.15) is 0 Å². The molecule has 1 aromatic rings. The average Bonchev–Trinajstić information content (AvgIpc) is 3.10. The lowest BCUT2D eigenvalue weighted by Gasteiger charge is -2.35. The molecule has 1 aromatic carbocycles. The highest BCUT2D eigenvalue weighted by molar-refractivity contribution is 8.00. The Labute approximate surface area is 137 Å². The quantitative estimate of drug-likeness (QED) is 0.853. The van der Waals surface area contributed by atoms with Crippen LogP contribution in [0.1, 0.15) is 18.4 Å². The van der Waals surface area contributed by atoms with E-state index < -0.39 is 0 Å². The molecule has 1 unspecified atom stereocenters. The van der Waals surface area contributed by atoms with Gasteiger partial charge in [-0.3, -0.25) is 9.69 Å². The SMILES string of the molecule is O=C(C1CCCS1)N1CCN(C/C=C/c2ccccc2)CC1. The van der Waals surface area contributed by atoms with Crippen molar-refractivity contribution in [2.75, 3.05) is 38.5 Å². The monoisotopic (exact) mass is 316 g/mol. The van der Waals surface area contributed by atoms with Crippen molar-refractivity contribution in [3.8, 4) is 0 Å². The van der Waals surface area contributed by atoms with Crippen molar-refractivity contribution in [2.45, 2.75) is 18.1 Å². The molecule has 4 heteroatoms. The third-order valence-electron chi connectivity index (χ3n) is 4.36.